The van der Waals surface area contributed by atoms with Gasteiger partial charge in [0.15, 0.2) is 5.65 Å². The average Bonchev–Trinajstić information content (AvgIpc) is 3.08. The third-order valence-electron chi connectivity index (χ3n) is 5.19. The largest absolute Gasteiger partial charge is 0.465 e. The topological polar surface area (TPSA) is 83.2 Å². The van der Waals surface area contributed by atoms with Crippen LogP contribution >= 0.6 is 15.9 Å². The van der Waals surface area contributed by atoms with Gasteiger partial charge in [0.05, 0.1) is 10.7 Å². The Labute approximate surface area is 181 Å². The summed E-state index contributed by atoms with van der Waals surface area (Å²) in [6.07, 6.45) is 2.31. The molecule has 3 aromatic rings. The second-order valence-electron chi connectivity index (χ2n) is 7.38. The molecule has 1 amide bonds. The molecule has 3 heterocycles. The number of carboxylic acid groups (broad SMARTS) is 1. The van der Waals surface area contributed by atoms with Gasteiger partial charge in [0.1, 0.15) is 17.4 Å². The van der Waals surface area contributed by atoms with E-state index < -0.39 is 11.9 Å². The standard InChI is InChI=1S/C20H21BrFN5O3/c1-25-7-5-13(6-8-25)12-26(20(28)29)18-10-17(24-19-16(21)11-23-27(18)19)30-15-4-2-3-14(22)9-15/h2-4,9-11,13H,5-8,12H2,1H3,(H,28,29). The first-order valence-corrected chi connectivity index (χ1v) is 10.4. The molecule has 0 bridgehead atoms. The van der Waals surface area contributed by atoms with Crippen LogP contribution in [-0.2, 0) is 0 Å². The van der Waals surface area contributed by atoms with E-state index in [9.17, 15) is 14.3 Å². The van der Waals surface area contributed by atoms with Crippen molar-refractivity contribution in [1.82, 2.24) is 19.5 Å². The fraction of sp³-hybridized carbons (Fsp3) is 0.350. The Hall–Kier alpha value is -2.72. The summed E-state index contributed by atoms with van der Waals surface area (Å²) in [6, 6.07) is 7.21. The van der Waals surface area contributed by atoms with Crippen molar-refractivity contribution in [1.29, 1.82) is 0 Å². The Morgan fingerprint density at radius 1 is 1.37 bits per heavy atom. The zero-order valence-corrected chi connectivity index (χ0v) is 17.9. The van der Waals surface area contributed by atoms with Crippen molar-refractivity contribution < 1.29 is 19.0 Å². The molecular formula is C20H21BrFN5O3. The summed E-state index contributed by atoms with van der Waals surface area (Å²) < 4.78 is 21.3. The molecule has 2 aromatic heterocycles. The molecule has 158 valence electrons. The molecule has 1 aliphatic heterocycles. The number of rotatable bonds is 5. The van der Waals surface area contributed by atoms with Gasteiger partial charge in [-0.2, -0.15) is 14.6 Å². The number of likely N-dealkylation sites (tertiary alicyclic amines) is 1. The Kier molecular flexibility index (Phi) is 5.87. The predicted molar refractivity (Wildman–Crippen MR) is 113 cm³/mol. The molecular weight excluding hydrogens is 457 g/mol. The van der Waals surface area contributed by atoms with Crippen molar-refractivity contribution in [3.8, 4) is 11.6 Å². The van der Waals surface area contributed by atoms with E-state index in [1.54, 1.807) is 12.3 Å². The monoisotopic (exact) mass is 477 g/mol. The number of halogens is 2. The second kappa shape index (κ2) is 8.57. The number of piperidine rings is 1. The number of anilines is 1. The Bertz CT molecular complexity index is 1070. The molecule has 10 heteroatoms. The van der Waals surface area contributed by atoms with E-state index in [4.69, 9.17) is 4.74 Å². The zero-order valence-electron chi connectivity index (χ0n) is 16.3. The summed E-state index contributed by atoms with van der Waals surface area (Å²) in [5, 5.41) is 14.2. The maximum atomic E-state index is 13.5. The number of carbonyl (C=O) groups is 1. The van der Waals surface area contributed by atoms with Gasteiger partial charge < -0.3 is 14.7 Å². The SMILES string of the molecule is CN1CCC(CN(C(=O)O)c2cc(Oc3cccc(F)c3)nc3c(Br)cnn23)CC1. The number of ether oxygens (including phenoxy) is 1. The Morgan fingerprint density at radius 2 is 2.13 bits per heavy atom. The van der Waals surface area contributed by atoms with E-state index in [0.29, 0.717) is 22.5 Å². The molecule has 1 N–H and O–H groups in total. The summed E-state index contributed by atoms with van der Waals surface area (Å²) in [5.74, 6) is 0.550. The summed E-state index contributed by atoms with van der Waals surface area (Å²) in [5.41, 5.74) is 0.411. The molecule has 4 rings (SSSR count). The number of aromatic nitrogens is 3. The number of hydrogen-bond donors (Lipinski definition) is 1. The third-order valence-corrected chi connectivity index (χ3v) is 5.75. The number of benzene rings is 1. The fourth-order valence-electron chi connectivity index (χ4n) is 3.57. The first kappa shape index (κ1) is 20.5. The Balaban J connectivity index is 1.70. The molecule has 8 nitrogen and oxygen atoms in total. The molecule has 1 saturated heterocycles. The Morgan fingerprint density at radius 3 is 2.83 bits per heavy atom. The van der Waals surface area contributed by atoms with Crippen molar-refractivity contribution in [3.05, 3.63) is 46.8 Å². The van der Waals surface area contributed by atoms with Gasteiger partial charge in [0, 0.05) is 18.7 Å². The van der Waals surface area contributed by atoms with Gasteiger partial charge in [0.25, 0.3) is 0 Å². The predicted octanol–water partition coefficient (Wildman–Crippen LogP) is 4.25. The molecule has 0 saturated carbocycles. The van der Waals surface area contributed by atoms with Crippen molar-refractivity contribution >= 4 is 33.5 Å². The third kappa shape index (κ3) is 4.39. The summed E-state index contributed by atoms with van der Waals surface area (Å²) >= 11 is 3.39. The van der Waals surface area contributed by atoms with Gasteiger partial charge in [-0.1, -0.05) is 6.07 Å². The van der Waals surface area contributed by atoms with Crippen LogP contribution in [0.25, 0.3) is 5.65 Å². The molecule has 0 spiro atoms. The van der Waals surface area contributed by atoms with Gasteiger partial charge in [-0.15, -0.1) is 0 Å². The quantitative estimate of drug-likeness (QED) is 0.591. The fourth-order valence-corrected chi connectivity index (χ4v) is 3.92. The van der Waals surface area contributed by atoms with E-state index in [-0.39, 0.29) is 17.5 Å². The van der Waals surface area contributed by atoms with Crippen LogP contribution in [0.15, 0.2) is 41.0 Å². The van der Waals surface area contributed by atoms with E-state index in [0.717, 1.165) is 25.9 Å². The number of fused-ring (bicyclic) bond motifs is 1. The highest BCUT2D eigenvalue weighted by atomic mass is 79.9. The van der Waals surface area contributed by atoms with Gasteiger partial charge in [-0.3, -0.25) is 4.90 Å². The van der Waals surface area contributed by atoms with Crippen LogP contribution in [0, 0.1) is 11.7 Å². The molecule has 0 aliphatic carbocycles. The number of amides is 1. The highest BCUT2D eigenvalue weighted by Gasteiger charge is 2.26. The number of nitrogens with zero attached hydrogens (tertiary/aromatic N) is 5. The lowest BCUT2D eigenvalue weighted by Gasteiger charge is -2.32. The van der Waals surface area contributed by atoms with Crippen LogP contribution < -0.4 is 9.64 Å². The molecule has 1 aromatic carbocycles. The van der Waals surface area contributed by atoms with E-state index in [2.05, 4.69) is 38.0 Å². The summed E-state index contributed by atoms with van der Waals surface area (Å²) in [4.78, 5) is 20.1. The average molecular weight is 478 g/mol. The van der Waals surface area contributed by atoms with Crippen LogP contribution in [-0.4, -0.2) is 57.4 Å². The zero-order chi connectivity index (χ0) is 21.3. The van der Waals surface area contributed by atoms with Gasteiger partial charge in [-0.05, 0) is 67.0 Å². The lowest BCUT2D eigenvalue weighted by atomic mass is 9.96. The lowest BCUT2D eigenvalue weighted by Crippen LogP contribution is -2.40. The molecule has 1 aliphatic rings. The minimum absolute atomic E-state index is 0.152. The second-order valence-corrected chi connectivity index (χ2v) is 8.23. The number of hydrogen-bond acceptors (Lipinski definition) is 5. The van der Waals surface area contributed by atoms with Gasteiger partial charge in [-0.25, -0.2) is 9.18 Å². The molecule has 0 radical (unpaired) electrons. The van der Waals surface area contributed by atoms with Crippen LogP contribution in [0.1, 0.15) is 12.8 Å². The minimum Gasteiger partial charge on any atom is -0.465 e. The van der Waals surface area contributed by atoms with Crippen molar-refractivity contribution in [2.24, 2.45) is 5.92 Å². The molecule has 1 fully saturated rings. The van der Waals surface area contributed by atoms with Crippen LogP contribution in [0.2, 0.25) is 0 Å². The maximum absolute atomic E-state index is 13.5. The minimum atomic E-state index is -1.08. The van der Waals surface area contributed by atoms with Gasteiger partial charge in [0.2, 0.25) is 5.88 Å². The maximum Gasteiger partial charge on any atom is 0.413 e. The normalized spacial score (nSPS) is 15.4. The first-order valence-electron chi connectivity index (χ1n) is 9.57. The van der Waals surface area contributed by atoms with Crippen LogP contribution in [0.4, 0.5) is 15.0 Å². The molecule has 30 heavy (non-hydrogen) atoms. The van der Waals surface area contributed by atoms with Gasteiger partial charge >= 0.3 is 6.09 Å². The van der Waals surface area contributed by atoms with E-state index in [1.807, 2.05) is 0 Å². The highest BCUT2D eigenvalue weighted by Crippen LogP contribution is 2.30. The summed E-state index contributed by atoms with van der Waals surface area (Å²) in [6.45, 7) is 2.22. The van der Waals surface area contributed by atoms with Crippen molar-refractivity contribution in [3.63, 3.8) is 0 Å². The van der Waals surface area contributed by atoms with Crippen LogP contribution in [0.5, 0.6) is 11.6 Å². The smallest absolute Gasteiger partial charge is 0.413 e. The molecule has 0 unspecified atom stereocenters. The van der Waals surface area contributed by atoms with Crippen molar-refractivity contribution in [2.75, 3.05) is 31.6 Å². The van der Waals surface area contributed by atoms with Crippen molar-refractivity contribution in [2.45, 2.75) is 12.8 Å². The summed E-state index contributed by atoms with van der Waals surface area (Å²) in [7, 11) is 2.06. The first-order chi connectivity index (χ1) is 14.4. The van der Waals surface area contributed by atoms with E-state index in [1.165, 1.54) is 33.7 Å². The lowest BCUT2D eigenvalue weighted by molar-refractivity contribution is 0.192. The molecule has 0 atom stereocenters. The van der Waals surface area contributed by atoms with Crippen LogP contribution in [0.3, 0.4) is 0 Å². The van der Waals surface area contributed by atoms with E-state index >= 15 is 0 Å². The highest BCUT2D eigenvalue weighted by molar-refractivity contribution is 9.10.